The molecule has 2 N–H and O–H groups in total. The van der Waals surface area contributed by atoms with Crippen molar-refractivity contribution < 1.29 is 5.11 Å². The third-order valence-corrected chi connectivity index (χ3v) is 4.90. The van der Waals surface area contributed by atoms with Gasteiger partial charge in [-0.3, -0.25) is 0 Å². The highest BCUT2D eigenvalue weighted by atomic mass is 16.3. The van der Waals surface area contributed by atoms with Crippen LogP contribution in [-0.2, 0) is 6.42 Å². The molecular formula is C17H26N2O. The molecule has 1 fully saturated rings. The molecule has 110 valence electrons. The fraction of sp³-hybridized carbons (Fsp3) is 0.647. The van der Waals surface area contributed by atoms with E-state index in [1.807, 2.05) is 12.1 Å². The van der Waals surface area contributed by atoms with Crippen molar-refractivity contribution in [2.24, 2.45) is 0 Å². The van der Waals surface area contributed by atoms with E-state index in [2.05, 4.69) is 30.1 Å². The van der Waals surface area contributed by atoms with Crippen LogP contribution >= 0.6 is 0 Å². The lowest BCUT2D eigenvalue weighted by atomic mass is 10.0. The van der Waals surface area contributed by atoms with Gasteiger partial charge in [-0.15, -0.1) is 0 Å². The molecule has 0 spiro atoms. The summed E-state index contributed by atoms with van der Waals surface area (Å²) in [5.41, 5.74) is 2.72. The Labute approximate surface area is 122 Å². The molecule has 1 aliphatic carbocycles. The Morgan fingerprint density at radius 1 is 1.20 bits per heavy atom. The molecule has 1 atom stereocenters. The molecule has 1 aromatic carbocycles. The second-order valence-electron chi connectivity index (χ2n) is 6.55. The normalized spacial score (nSPS) is 24.2. The molecule has 0 aromatic heterocycles. The van der Waals surface area contributed by atoms with Crippen LogP contribution in [0.5, 0.6) is 5.75 Å². The van der Waals surface area contributed by atoms with E-state index < -0.39 is 0 Å². The van der Waals surface area contributed by atoms with Gasteiger partial charge in [-0.1, -0.05) is 6.07 Å². The molecule has 3 heteroatoms. The molecular weight excluding hydrogens is 248 g/mol. The van der Waals surface area contributed by atoms with Crippen LogP contribution in [0.4, 0.5) is 0 Å². The number of benzene rings is 1. The van der Waals surface area contributed by atoms with E-state index in [0.29, 0.717) is 23.9 Å². The van der Waals surface area contributed by atoms with Gasteiger partial charge in [0.2, 0.25) is 0 Å². The number of aryl methyl sites for hydroxylation is 1. The van der Waals surface area contributed by atoms with Crippen molar-refractivity contribution in [3.8, 4) is 5.75 Å². The number of piperidine rings is 1. The van der Waals surface area contributed by atoms with Gasteiger partial charge in [0.15, 0.2) is 0 Å². The van der Waals surface area contributed by atoms with Crippen LogP contribution in [0.2, 0.25) is 0 Å². The monoisotopic (exact) mass is 274 g/mol. The fourth-order valence-electron chi connectivity index (χ4n) is 3.64. The average Bonchev–Trinajstić information content (AvgIpc) is 2.81. The smallest absolute Gasteiger partial charge is 0.115 e. The minimum absolute atomic E-state index is 0.398. The lowest BCUT2D eigenvalue weighted by molar-refractivity contribution is 0.156. The molecule has 1 aromatic rings. The van der Waals surface area contributed by atoms with Crippen molar-refractivity contribution in [2.45, 2.75) is 57.7 Å². The first-order valence-corrected chi connectivity index (χ1v) is 7.95. The van der Waals surface area contributed by atoms with Gasteiger partial charge < -0.3 is 15.3 Å². The highest BCUT2D eigenvalue weighted by molar-refractivity contribution is 5.40. The number of nitrogens with zero attached hydrogens (tertiary/aromatic N) is 1. The Morgan fingerprint density at radius 3 is 2.65 bits per heavy atom. The predicted octanol–water partition coefficient (Wildman–Crippen LogP) is 2.84. The zero-order valence-electron chi connectivity index (χ0n) is 12.6. The molecule has 0 amide bonds. The first-order chi connectivity index (χ1) is 9.63. The van der Waals surface area contributed by atoms with Crippen molar-refractivity contribution in [1.29, 1.82) is 0 Å². The Balaban J connectivity index is 1.59. The van der Waals surface area contributed by atoms with Crippen molar-refractivity contribution in [1.82, 2.24) is 10.2 Å². The largest absolute Gasteiger partial charge is 0.508 e. The Bertz CT molecular complexity index is 464. The van der Waals surface area contributed by atoms with E-state index in [0.717, 1.165) is 6.42 Å². The summed E-state index contributed by atoms with van der Waals surface area (Å²) in [6, 6.07) is 7.65. The molecule has 1 saturated heterocycles. The molecule has 20 heavy (non-hydrogen) atoms. The fourth-order valence-corrected chi connectivity index (χ4v) is 3.64. The lowest BCUT2D eigenvalue weighted by Crippen LogP contribution is -2.45. The molecule has 1 heterocycles. The van der Waals surface area contributed by atoms with Gasteiger partial charge in [0, 0.05) is 18.1 Å². The summed E-state index contributed by atoms with van der Waals surface area (Å²) >= 11 is 0. The average molecular weight is 274 g/mol. The van der Waals surface area contributed by atoms with Crippen molar-refractivity contribution in [3.63, 3.8) is 0 Å². The van der Waals surface area contributed by atoms with Crippen molar-refractivity contribution >= 4 is 0 Å². The minimum Gasteiger partial charge on any atom is -0.508 e. The van der Waals surface area contributed by atoms with Crippen LogP contribution in [0.25, 0.3) is 0 Å². The molecule has 0 radical (unpaired) electrons. The SMILES string of the molecule is CC(C)N1CCC(NC2CCc3cc(O)ccc32)CC1. The predicted molar refractivity (Wildman–Crippen MR) is 82.0 cm³/mol. The molecule has 1 unspecified atom stereocenters. The van der Waals surface area contributed by atoms with Gasteiger partial charge in [0.25, 0.3) is 0 Å². The van der Waals surface area contributed by atoms with E-state index in [9.17, 15) is 5.11 Å². The molecule has 2 aliphatic rings. The van der Waals surface area contributed by atoms with Gasteiger partial charge in [0.1, 0.15) is 5.75 Å². The molecule has 3 rings (SSSR count). The number of fused-ring (bicyclic) bond motifs is 1. The van der Waals surface area contributed by atoms with E-state index in [1.54, 1.807) is 0 Å². The zero-order valence-corrected chi connectivity index (χ0v) is 12.6. The summed E-state index contributed by atoms with van der Waals surface area (Å²) in [5, 5.41) is 13.4. The lowest BCUT2D eigenvalue weighted by Gasteiger charge is -2.36. The topological polar surface area (TPSA) is 35.5 Å². The Kier molecular flexibility index (Phi) is 3.99. The van der Waals surface area contributed by atoms with Gasteiger partial charge >= 0.3 is 0 Å². The third kappa shape index (κ3) is 2.84. The Morgan fingerprint density at radius 2 is 1.95 bits per heavy atom. The summed E-state index contributed by atoms with van der Waals surface area (Å²) in [7, 11) is 0. The van der Waals surface area contributed by atoms with Crippen molar-refractivity contribution in [2.75, 3.05) is 13.1 Å². The highest BCUT2D eigenvalue weighted by Crippen LogP contribution is 2.34. The van der Waals surface area contributed by atoms with Crippen LogP contribution in [0, 0.1) is 0 Å². The van der Waals surface area contributed by atoms with Crippen LogP contribution in [0.15, 0.2) is 18.2 Å². The number of hydrogen-bond acceptors (Lipinski definition) is 3. The van der Waals surface area contributed by atoms with E-state index >= 15 is 0 Å². The maximum Gasteiger partial charge on any atom is 0.115 e. The number of likely N-dealkylation sites (tertiary alicyclic amines) is 1. The van der Waals surface area contributed by atoms with Crippen LogP contribution in [-0.4, -0.2) is 35.2 Å². The van der Waals surface area contributed by atoms with E-state index in [-0.39, 0.29) is 0 Å². The molecule has 1 aliphatic heterocycles. The number of rotatable bonds is 3. The third-order valence-electron chi connectivity index (χ3n) is 4.90. The standard InChI is InChI=1S/C17H26N2O/c1-12(2)19-9-7-14(8-10-19)18-17-6-3-13-11-15(20)4-5-16(13)17/h4-5,11-12,14,17-18,20H,3,6-10H2,1-2H3. The number of aromatic hydroxyl groups is 1. The molecule has 0 saturated carbocycles. The maximum atomic E-state index is 9.56. The summed E-state index contributed by atoms with van der Waals surface area (Å²) < 4.78 is 0. The summed E-state index contributed by atoms with van der Waals surface area (Å²) in [5.74, 6) is 0.398. The van der Waals surface area contributed by atoms with E-state index in [1.165, 1.54) is 43.5 Å². The molecule has 0 bridgehead atoms. The number of nitrogens with one attached hydrogen (secondary N) is 1. The van der Waals surface area contributed by atoms with Gasteiger partial charge in [-0.2, -0.15) is 0 Å². The Hall–Kier alpha value is -1.06. The molecule has 3 nitrogen and oxygen atoms in total. The van der Waals surface area contributed by atoms with Crippen LogP contribution in [0.1, 0.15) is 50.3 Å². The van der Waals surface area contributed by atoms with Crippen LogP contribution < -0.4 is 5.32 Å². The minimum atomic E-state index is 0.398. The maximum absolute atomic E-state index is 9.56. The second kappa shape index (κ2) is 5.74. The van der Waals surface area contributed by atoms with Gasteiger partial charge in [0.05, 0.1) is 0 Å². The van der Waals surface area contributed by atoms with Crippen molar-refractivity contribution in [3.05, 3.63) is 29.3 Å². The van der Waals surface area contributed by atoms with Gasteiger partial charge in [-0.05, 0) is 75.9 Å². The summed E-state index contributed by atoms with van der Waals surface area (Å²) in [6.07, 6.45) is 4.76. The summed E-state index contributed by atoms with van der Waals surface area (Å²) in [4.78, 5) is 2.57. The number of hydrogen-bond donors (Lipinski definition) is 2. The number of phenolic OH excluding ortho intramolecular Hbond substituents is 1. The summed E-state index contributed by atoms with van der Waals surface area (Å²) in [6.45, 7) is 7.00. The number of phenols is 1. The second-order valence-corrected chi connectivity index (χ2v) is 6.55. The first-order valence-electron chi connectivity index (χ1n) is 7.95. The first kappa shape index (κ1) is 13.9. The zero-order chi connectivity index (χ0) is 14.1. The van der Waals surface area contributed by atoms with E-state index in [4.69, 9.17) is 0 Å². The van der Waals surface area contributed by atoms with Crippen LogP contribution in [0.3, 0.4) is 0 Å². The van der Waals surface area contributed by atoms with Gasteiger partial charge in [-0.25, -0.2) is 0 Å². The highest BCUT2D eigenvalue weighted by Gasteiger charge is 2.27. The quantitative estimate of drug-likeness (QED) is 0.889.